The van der Waals surface area contributed by atoms with Crippen molar-refractivity contribution in [2.45, 2.75) is 98.1 Å². The summed E-state index contributed by atoms with van der Waals surface area (Å²) in [5.74, 6) is 0.287. The van der Waals surface area contributed by atoms with E-state index in [9.17, 15) is 5.11 Å². The third kappa shape index (κ3) is 6.00. The summed E-state index contributed by atoms with van der Waals surface area (Å²) in [5.41, 5.74) is 10.7. The van der Waals surface area contributed by atoms with Crippen molar-refractivity contribution < 1.29 is 9.67 Å². The largest absolute Gasteiger partial charge is 0.513 e. The molecular formula is C47H52N4O. The third-order valence-electron chi connectivity index (χ3n) is 10.5. The molecule has 0 bridgehead atoms. The van der Waals surface area contributed by atoms with E-state index in [1.54, 1.807) is 0 Å². The second-order valence-electron chi connectivity index (χ2n) is 17.8. The van der Waals surface area contributed by atoms with Crippen molar-refractivity contribution in [2.24, 2.45) is 0 Å². The Morgan fingerprint density at radius 1 is 0.635 bits per heavy atom. The smallest absolute Gasteiger partial charge is 0.246 e. The first-order valence-electron chi connectivity index (χ1n) is 18.4. The van der Waals surface area contributed by atoms with Gasteiger partial charge in [-0.05, 0) is 76.1 Å². The molecule has 7 aromatic rings. The Morgan fingerprint density at radius 3 is 1.96 bits per heavy atom. The topological polar surface area (TPSA) is 46.9 Å². The number of benzene rings is 4. The molecule has 1 N–H and O–H groups in total. The Morgan fingerprint density at radius 2 is 1.27 bits per heavy atom. The average molecular weight is 689 g/mol. The van der Waals surface area contributed by atoms with Crippen LogP contribution in [0.3, 0.4) is 0 Å². The molecule has 0 saturated carbocycles. The van der Waals surface area contributed by atoms with E-state index in [0.717, 1.165) is 50.0 Å². The lowest BCUT2D eigenvalue weighted by Gasteiger charge is -2.28. The molecule has 5 nitrogen and oxygen atoms in total. The van der Waals surface area contributed by atoms with Crippen LogP contribution >= 0.6 is 0 Å². The van der Waals surface area contributed by atoms with Gasteiger partial charge in [0.2, 0.25) is 6.33 Å². The second kappa shape index (κ2) is 12.2. The summed E-state index contributed by atoms with van der Waals surface area (Å²) in [4.78, 5) is 4.94. The number of phenols is 1. The lowest BCUT2D eigenvalue weighted by atomic mass is 9.79. The Kier molecular flexibility index (Phi) is 8.29. The third-order valence-corrected chi connectivity index (χ3v) is 10.5. The Hall–Kier alpha value is -5.16. The van der Waals surface area contributed by atoms with E-state index in [1.165, 1.54) is 16.7 Å². The summed E-state index contributed by atoms with van der Waals surface area (Å²) < 4.78 is 6.59. The highest BCUT2D eigenvalue weighted by Crippen LogP contribution is 2.41. The van der Waals surface area contributed by atoms with Gasteiger partial charge in [0, 0.05) is 23.3 Å². The minimum absolute atomic E-state index is 0.00610. The van der Waals surface area contributed by atoms with Crippen molar-refractivity contribution in [2.75, 3.05) is 0 Å². The van der Waals surface area contributed by atoms with Crippen molar-refractivity contribution in [3.8, 4) is 33.8 Å². The highest BCUT2D eigenvalue weighted by molar-refractivity contribution is 5.96. The molecule has 266 valence electrons. The van der Waals surface area contributed by atoms with E-state index in [-0.39, 0.29) is 22.0 Å². The van der Waals surface area contributed by atoms with Gasteiger partial charge in [-0.3, -0.25) is 9.55 Å². The second-order valence-corrected chi connectivity index (χ2v) is 17.8. The molecule has 3 heterocycles. The minimum atomic E-state index is -0.608. The fraction of sp³-hybridized carbons (Fsp3) is 0.319. The van der Waals surface area contributed by atoms with Crippen LogP contribution in [0.5, 0.6) is 5.75 Å². The van der Waals surface area contributed by atoms with Gasteiger partial charge in [0.05, 0.1) is 27.9 Å². The zero-order valence-corrected chi connectivity index (χ0v) is 32.6. The van der Waals surface area contributed by atoms with Gasteiger partial charge in [0.25, 0.3) is 0 Å². The van der Waals surface area contributed by atoms with Crippen LogP contribution in [-0.2, 0) is 21.9 Å². The number of fused-ring (bicyclic) bond motifs is 2. The van der Waals surface area contributed by atoms with Crippen molar-refractivity contribution in [1.29, 1.82) is 0 Å². The predicted molar refractivity (Wildman–Crippen MR) is 215 cm³/mol. The number of aromatic nitrogens is 4. The number of pyridine rings is 1. The van der Waals surface area contributed by atoms with Crippen LogP contribution < -0.4 is 4.57 Å². The Bertz CT molecular complexity index is 2450. The normalized spacial score (nSPS) is 13.0. The maximum atomic E-state index is 11.9. The first-order chi connectivity index (χ1) is 24.4. The molecule has 0 atom stereocenters. The molecule has 0 aliphatic rings. The molecule has 5 heteroatoms. The molecule has 0 aliphatic carbocycles. The lowest BCUT2D eigenvalue weighted by Crippen LogP contribution is -2.56. The minimum Gasteiger partial charge on any atom is -0.513 e. The van der Waals surface area contributed by atoms with E-state index in [2.05, 4.69) is 195 Å². The maximum Gasteiger partial charge on any atom is 0.246 e. The lowest BCUT2D eigenvalue weighted by molar-refractivity contribution is -0.744. The zero-order valence-electron chi connectivity index (χ0n) is 32.6. The van der Waals surface area contributed by atoms with Crippen LogP contribution in [0.15, 0.2) is 109 Å². The molecular weight excluding hydrogens is 637 g/mol. The Labute approximate surface area is 309 Å². The van der Waals surface area contributed by atoms with Crippen molar-refractivity contribution in [1.82, 2.24) is 14.1 Å². The van der Waals surface area contributed by atoms with E-state index in [4.69, 9.17) is 4.98 Å². The molecule has 3 aromatic heterocycles. The highest BCUT2D eigenvalue weighted by Gasteiger charge is 2.32. The fourth-order valence-corrected chi connectivity index (χ4v) is 7.52. The fourth-order valence-electron chi connectivity index (χ4n) is 7.52. The molecule has 0 unspecified atom stereocenters. The highest BCUT2D eigenvalue weighted by atomic mass is 16.3. The van der Waals surface area contributed by atoms with Crippen LogP contribution in [0.2, 0.25) is 0 Å². The van der Waals surface area contributed by atoms with E-state index < -0.39 is 5.66 Å². The molecule has 0 saturated heterocycles. The molecule has 0 spiro atoms. The van der Waals surface area contributed by atoms with Crippen molar-refractivity contribution in [3.63, 3.8) is 0 Å². The number of hydrogen-bond acceptors (Lipinski definition) is 2. The van der Waals surface area contributed by atoms with Crippen LogP contribution in [0.25, 0.3) is 50.0 Å². The first-order valence-corrected chi connectivity index (χ1v) is 18.4. The van der Waals surface area contributed by atoms with Crippen LogP contribution in [0.4, 0.5) is 0 Å². The number of hydrogen-bond donors (Lipinski definition) is 1. The molecule has 7 rings (SSSR count). The molecule has 0 amide bonds. The number of para-hydroxylation sites is 3. The van der Waals surface area contributed by atoms with E-state index in [0.29, 0.717) is 0 Å². The van der Waals surface area contributed by atoms with Gasteiger partial charge < -0.3 is 14.2 Å². The SMILES string of the molecule is CC(C)(C)c1cc(-n2[c-][n+](C(C)(C)n3cc(-c4cc(-c5ccccc5C(C)(C)C)ccn4)c4ccccc43)c3ccccc32)c(O)c(C(C)(C)C)c1. The summed E-state index contributed by atoms with van der Waals surface area (Å²) in [7, 11) is 0. The van der Waals surface area contributed by atoms with Crippen molar-refractivity contribution in [3.05, 3.63) is 132 Å². The Balaban J connectivity index is 1.42. The molecule has 0 radical (unpaired) electrons. The number of aromatic hydroxyl groups is 1. The summed E-state index contributed by atoms with van der Waals surface area (Å²) in [6.45, 7) is 24.4. The molecule has 0 aliphatic heterocycles. The average Bonchev–Trinajstić information content (AvgIpc) is 3.68. The van der Waals surface area contributed by atoms with Gasteiger partial charge in [-0.25, -0.2) is 0 Å². The number of rotatable bonds is 5. The van der Waals surface area contributed by atoms with Gasteiger partial charge in [-0.1, -0.05) is 141 Å². The predicted octanol–water partition coefficient (Wildman–Crippen LogP) is 11.2. The monoisotopic (exact) mass is 688 g/mol. The summed E-state index contributed by atoms with van der Waals surface area (Å²) in [6.07, 6.45) is 7.92. The van der Waals surface area contributed by atoms with Crippen LogP contribution in [0.1, 0.15) is 92.9 Å². The van der Waals surface area contributed by atoms with Crippen LogP contribution in [0, 0.1) is 6.33 Å². The van der Waals surface area contributed by atoms with Crippen molar-refractivity contribution >= 4 is 21.9 Å². The number of phenolic OH excluding ortho intramolecular Hbond substituents is 1. The molecule has 4 aromatic carbocycles. The zero-order chi connectivity index (χ0) is 37.4. The first kappa shape index (κ1) is 35.3. The molecule has 0 fully saturated rings. The van der Waals surface area contributed by atoms with E-state index >= 15 is 0 Å². The van der Waals surface area contributed by atoms with Gasteiger partial charge in [-0.15, -0.1) is 0 Å². The molecule has 52 heavy (non-hydrogen) atoms. The van der Waals surface area contributed by atoms with Gasteiger partial charge in [-0.2, -0.15) is 0 Å². The van der Waals surface area contributed by atoms with Gasteiger partial charge in [0.15, 0.2) is 5.66 Å². The summed E-state index contributed by atoms with van der Waals surface area (Å²) in [6, 6.07) is 34.3. The number of nitrogens with zero attached hydrogens (tertiary/aromatic N) is 4. The summed E-state index contributed by atoms with van der Waals surface area (Å²) >= 11 is 0. The van der Waals surface area contributed by atoms with Gasteiger partial charge >= 0.3 is 0 Å². The van der Waals surface area contributed by atoms with Gasteiger partial charge in [0.1, 0.15) is 5.75 Å². The van der Waals surface area contributed by atoms with Crippen LogP contribution in [-0.4, -0.2) is 19.2 Å². The maximum absolute atomic E-state index is 11.9. The van der Waals surface area contributed by atoms with E-state index in [1.807, 2.05) is 10.8 Å². The summed E-state index contributed by atoms with van der Waals surface area (Å²) in [5, 5.41) is 13.1. The quantitative estimate of drug-likeness (QED) is 0.145. The number of imidazole rings is 1. The standard InChI is InChI=1S/C47H52N4O/c1-44(2,3)32-27-37(46(7,8)9)43(52)42(28-32)49-30-51(41-23-17-16-22-40(41)49)47(10,11)50-29-35(34-19-13-15-21-39(34)50)38-26-31(24-25-48-38)33-18-12-14-20-36(33)45(4,5)6/h12-29,52H,1-11H3.